The minimum absolute atomic E-state index is 0.603. The first kappa shape index (κ1) is 11.5. The molecule has 1 heterocycles. The molecule has 0 aliphatic carbocycles. The molecule has 2 nitrogen and oxygen atoms in total. The van der Waals surface area contributed by atoms with Crippen molar-refractivity contribution in [2.45, 2.75) is 32.2 Å². The zero-order valence-electron chi connectivity index (χ0n) is 10.3. The van der Waals surface area contributed by atoms with Crippen LogP contribution in [0.3, 0.4) is 0 Å². The molecule has 0 saturated carbocycles. The van der Waals surface area contributed by atoms with E-state index in [1.165, 1.54) is 24.9 Å². The summed E-state index contributed by atoms with van der Waals surface area (Å²) in [4.78, 5) is 2.39. The highest BCUT2D eigenvalue weighted by Gasteiger charge is 2.21. The van der Waals surface area contributed by atoms with Crippen LogP contribution in [0.5, 0.6) is 5.75 Å². The maximum atomic E-state index is 5.82. The fourth-order valence-corrected chi connectivity index (χ4v) is 2.20. The molecule has 1 aliphatic rings. The molecule has 0 bridgehead atoms. The van der Waals surface area contributed by atoms with Crippen molar-refractivity contribution in [2.75, 3.05) is 20.2 Å². The predicted octanol–water partition coefficient (Wildman–Crippen LogP) is 2.72. The number of likely N-dealkylation sites (N-methyl/N-ethyl adjacent to an activating group) is 1. The summed E-state index contributed by atoms with van der Waals surface area (Å²) >= 11 is 0. The molecular weight excluding hydrogens is 198 g/mol. The Balaban J connectivity index is 1.84. The zero-order valence-corrected chi connectivity index (χ0v) is 10.3. The van der Waals surface area contributed by atoms with Gasteiger partial charge in [0.2, 0.25) is 0 Å². The molecule has 1 saturated heterocycles. The normalized spacial score (nSPS) is 21.2. The predicted molar refractivity (Wildman–Crippen MR) is 67.0 cm³/mol. The Hall–Kier alpha value is -1.02. The van der Waals surface area contributed by atoms with Crippen LogP contribution in [0.4, 0.5) is 0 Å². The van der Waals surface area contributed by atoms with Gasteiger partial charge in [-0.2, -0.15) is 0 Å². The maximum absolute atomic E-state index is 5.82. The summed E-state index contributed by atoms with van der Waals surface area (Å²) in [7, 11) is 2.18. The van der Waals surface area contributed by atoms with Gasteiger partial charge in [0.05, 0.1) is 0 Å². The van der Waals surface area contributed by atoms with Gasteiger partial charge in [-0.25, -0.2) is 0 Å². The lowest BCUT2D eigenvalue weighted by molar-refractivity contribution is 0.198. The number of benzene rings is 1. The number of rotatable bonds is 4. The molecule has 2 rings (SSSR count). The van der Waals surface area contributed by atoms with Crippen LogP contribution in [-0.4, -0.2) is 31.1 Å². The number of ether oxygens (including phenoxy) is 1. The van der Waals surface area contributed by atoms with E-state index in [1.54, 1.807) is 0 Å². The molecule has 1 aromatic carbocycles. The Kier molecular flexibility index (Phi) is 3.83. The number of nitrogens with zero attached hydrogens (tertiary/aromatic N) is 1. The molecule has 1 aromatic rings. The second kappa shape index (κ2) is 5.35. The van der Waals surface area contributed by atoms with Crippen LogP contribution in [0.25, 0.3) is 0 Å². The molecule has 1 fully saturated rings. The third-order valence-electron chi connectivity index (χ3n) is 3.45. The Morgan fingerprint density at radius 2 is 2.06 bits per heavy atom. The van der Waals surface area contributed by atoms with Crippen molar-refractivity contribution in [3.63, 3.8) is 0 Å². The lowest BCUT2D eigenvalue weighted by Crippen LogP contribution is -2.30. The molecule has 0 aromatic heterocycles. The van der Waals surface area contributed by atoms with Gasteiger partial charge in [-0.3, -0.25) is 0 Å². The number of hydrogen-bond donors (Lipinski definition) is 0. The largest absolute Gasteiger partial charge is 0.492 e. The molecule has 16 heavy (non-hydrogen) atoms. The molecule has 0 spiro atoms. The van der Waals surface area contributed by atoms with Gasteiger partial charge in [0.1, 0.15) is 12.4 Å². The van der Waals surface area contributed by atoms with Crippen LogP contribution < -0.4 is 4.74 Å². The summed E-state index contributed by atoms with van der Waals surface area (Å²) in [6.07, 6.45) is 3.66. The molecule has 0 N–H and O–H groups in total. The third-order valence-corrected chi connectivity index (χ3v) is 3.45. The molecule has 1 aliphatic heterocycles. The Morgan fingerprint density at radius 3 is 2.62 bits per heavy atom. The summed E-state index contributed by atoms with van der Waals surface area (Å²) < 4.78 is 5.82. The molecular formula is C14H21NO. The SMILES string of the molecule is CCc1ccc(OC[C@H]2CCCN2C)cc1. The van der Waals surface area contributed by atoms with Crippen LogP contribution in [0.15, 0.2) is 24.3 Å². The highest BCUT2D eigenvalue weighted by atomic mass is 16.5. The second-order valence-electron chi connectivity index (χ2n) is 4.59. The Labute approximate surface area is 98.2 Å². The van der Waals surface area contributed by atoms with E-state index in [2.05, 4.69) is 43.1 Å². The first-order chi connectivity index (χ1) is 7.79. The summed E-state index contributed by atoms with van der Waals surface area (Å²) in [6, 6.07) is 9.05. The van der Waals surface area contributed by atoms with Crippen LogP contribution in [0.1, 0.15) is 25.3 Å². The average Bonchev–Trinajstić information content (AvgIpc) is 2.73. The van der Waals surface area contributed by atoms with Gasteiger partial charge in [-0.1, -0.05) is 19.1 Å². The van der Waals surface area contributed by atoms with Gasteiger partial charge in [-0.15, -0.1) is 0 Å². The minimum atomic E-state index is 0.603. The van der Waals surface area contributed by atoms with Gasteiger partial charge < -0.3 is 9.64 Å². The van der Waals surface area contributed by atoms with E-state index in [9.17, 15) is 0 Å². The highest BCUT2D eigenvalue weighted by Crippen LogP contribution is 2.18. The van der Waals surface area contributed by atoms with Crippen molar-refractivity contribution in [2.24, 2.45) is 0 Å². The fourth-order valence-electron chi connectivity index (χ4n) is 2.20. The van der Waals surface area contributed by atoms with Crippen molar-refractivity contribution < 1.29 is 4.74 Å². The van der Waals surface area contributed by atoms with Crippen molar-refractivity contribution >= 4 is 0 Å². The van der Waals surface area contributed by atoms with Crippen LogP contribution >= 0.6 is 0 Å². The molecule has 0 radical (unpaired) electrons. The quantitative estimate of drug-likeness (QED) is 0.772. The van der Waals surface area contributed by atoms with Crippen molar-refractivity contribution in [3.05, 3.63) is 29.8 Å². The Bertz CT molecular complexity index is 320. The lowest BCUT2D eigenvalue weighted by atomic mass is 10.2. The molecule has 0 amide bonds. The highest BCUT2D eigenvalue weighted by molar-refractivity contribution is 5.27. The summed E-state index contributed by atoms with van der Waals surface area (Å²) in [5.41, 5.74) is 1.37. The maximum Gasteiger partial charge on any atom is 0.119 e. The van der Waals surface area contributed by atoms with Gasteiger partial charge in [0.25, 0.3) is 0 Å². The summed E-state index contributed by atoms with van der Waals surface area (Å²) in [5, 5.41) is 0. The number of aryl methyl sites for hydroxylation is 1. The van der Waals surface area contributed by atoms with E-state index in [-0.39, 0.29) is 0 Å². The van der Waals surface area contributed by atoms with Crippen LogP contribution in [0, 0.1) is 0 Å². The van der Waals surface area contributed by atoms with E-state index < -0.39 is 0 Å². The van der Waals surface area contributed by atoms with Crippen LogP contribution in [-0.2, 0) is 6.42 Å². The number of hydrogen-bond acceptors (Lipinski definition) is 2. The summed E-state index contributed by atoms with van der Waals surface area (Å²) in [6.45, 7) is 4.20. The topological polar surface area (TPSA) is 12.5 Å². The van der Waals surface area contributed by atoms with E-state index in [1.807, 2.05) is 0 Å². The smallest absolute Gasteiger partial charge is 0.119 e. The molecule has 88 valence electrons. The average molecular weight is 219 g/mol. The van der Waals surface area contributed by atoms with Gasteiger partial charge in [-0.05, 0) is 50.6 Å². The van der Waals surface area contributed by atoms with E-state index in [0.29, 0.717) is 6.04 Å². The zero-order chi connectivity index (χ0) is 11.4. The van der Waals surface area contributed by atoms with Crippen molar-refractivity contribution in [3.8, 4) is 5.75 Å². The van der Waals surface area contributed by atoms with Crippen LogP contribution in [0.2, 0.25) is 0 Å². The fraction of sp³-hybridized carbons (Fsp3) is 0.571. The lowest BCUT2D eigenvalue weighted by Gasteiger charge is -2.19. The van der Waals surface area contributed by atoms with E-state index >= 15 is 0 Å². The summed E-state index contributed by atoms with van der Waals surface area (Å²) in [5.74, 6) is 0.998. The minimum Gasteiger partial charge on any atom is -0.492 e. The van der Waals surface area contributed by atoms with Gasteiger partial charge in [0, 0.05) is 6.04 Å². The third kappa shape index (κ3) is 2.76. The van der Waals surface area contributed by atoms with E-state index in [0.717, 1.165) is 18.8 Å². The first-order valence-electron chi connectivity index (χ1n) is 6.21. The van der Waals surface area contributed by atoms with Crippen molar-refractivity contribution in [1.82, 2.24) is 4.90 Å². The Morgan fingerprint density at radius 1 is 1.31 bits per heavy atom. The molecule has 0 unspecified atom stereocenters. The number of likely N-dealkylation sites (tertiary alicyclic amines) is 1. The first-order valence-corrected chi connectivity index (χ1v) is 6.21. The van der Waals surface area contributed by atoms with Gasteiger partial charge >= 0.3 is 0 Å². The monoisotopic (exact) mass is 219 g/mol. The molecule has 1 atom stereocenters. The van der Waals surface area contributed by atoms with Crippen molar-refractivity contribution in [1.29, 1.82) is 0 Å². The van der Waals surface area contributed by atoms with Gasteiger partial charge in [0.15, 0.2) is 0 Å². The molecule has 2 heteroatoms. The second-order valence-corrected chi connectivity index (χ2v) is 4.59. The standard InChI is InChI=1S/C14H21NO/c1-3-12-6-8-14(9-7-12)16-11-13-5-4-10-15(13)2/h6-9,13H,3-5,10-11H2,1-2H3/t13-/m1/s1. The van der Waals surface area contributed by atoms with E-state index in [4.69, 9.17) is 4.74 Å².